The first kappa shape index (κ1) is 9.61. The van der Waals surface area contributed by atoms with Crippen LogP contribution in [-0.2, 0) is 6.54 Å². The van der Waals surface area contributed by atoms with E-state index in [2.05, 4.69) is 48.0 Å². The molecule has 0 radical (unpaired) electrons. The van der Waals surface area contributed by atoms with Gasteiger partial charge >= 0.3 is 0 Å². The Morgan fingerprint density at radius 2 is 2.14 bits per heavy atom. The minimum atomic E-state index is 0.652. The average Bonchev–Trinajstić information content (AvgIpc) is 2.70. The number of hydrogen-bond acceptors (Lipinski definition) is 4. The first-order valence-electron chi connectivity index (χ1n) is 4.07. The number of thiophene rings is 1. The molecule has 0 aliphatic carbocycles. The lowest BCUT2D eigenvalue weighted by Gasteiger charge is -2.01. The SMILES string of the molecule is Brc1cnc(NCc2ccsc2)nc1. The molecule has 0 aliphatic rings. The van der Waals surface area contributed by atoms with Crippen molar-refractivity contribution < 1.29 is 0 Å². The Hall–Kier alpha value is -0.940. The zero-order chi connectivity index (χ0) is 9.80. The normalized spacial score (nSPS) is 10.1. The van der Waals surface area contributed by atoms with Crippen molar-refractivity contribution in [1.82, 2.24) is 9.97 Å². The predicted octanol–water partition coefficient (Wildman–Crippen LogP) is 2.91. The second-order valence-corrected chi connectivity index (χ2v) is 4.41. The number of halogens is 1. The molecule has 3 nitrogen and oxygen atoms in total. The molecule has 2 rings (SSSR count). The second kappa shape index (κ2) is 4.52. The van der Waals surface area contributed by atoms with E-state index in [1.165, 1.54) is 5.56 Å². The highest BCUT2D eigenvalue weighted by molar-refractivity contribution is 9.10. The Balaban J connectivity index is 1.95. The summed E-state index contributed by atoms with van der Waals surface area (Å²) in [5.41, 5.74) is 1.25. The fourth-order valence-corrected chi connectivity index (χ4v) is 1.85. The highest BCUT2D eigenvalue weighted by atomic mass is 79.9. The van der Waals surface area contributed by atoms with E-state index in [1.807, 2.05) is 0 Å². The lowest BCUT2D eigenvalue weighted by atomic mass is 10.3. The summed E-state index contributed by atoms with van der Waals surface area (Å²) in [6.45, 7) is 0.769. The first-order valence-corrected chi connectivity index (χ1v) is 5.80. The van der Waals surface area contributed by atoms with Crippen LogP contribution in [0.15, 0.2) is 33.7 Å². The van der Waals surface area contributed by atoms with Crippen molar-refractivity contribution in [3.8, 4) is 0 Å². The molecule has 0 unspecified atom stereocenters. The van der Waals surface area contributed by atoms with Gasteiger partial charge in [0, 0.05) is 18.9 Å². The summed E-state index contributed by atoms with van der Waals surface area (Å²) in [4.78, 5) is 8.22. The van der Waals surface area contributed by atoms with Gasteiger partial charge in [0.2, 0.25) is 5.95 Å². The smallest absolute Gasteiger partial charge is 0.222 e. The number of hydrogen-bond donors (Lipinski definition) is 1. The molecule has 0 bridgehead atoms. The van der Waals surface area contributed by atoms with Crippen molar-refractivity contribution in [2.75, 3.05) is 5.32 Å². The third-order valence-electron chi connectivity index (χ3n) is 1.65. The Bertz CT molecular complexity index is 385. The van der Waals surface area contributed by atoms with E-state index >= 15 is 0 Å². The van der Waals surface area contributed by atoms with Crippen molar-refractivity contribution in [1.29, 1.82) is 0 Å². The second-order valence-electron chi connectivity index (χ2n) is 2.71. The van der Waals surface area contributed by atoms with Gasteiger partial charge < -0.3 is 5.32 Å². The van der Waals surface area contributed by atoms with Gasteiger partial charge in [-0.05, 0) is 38.3 Å². The van der Waals surface area contributed by atoms with Gasteiger partial charge in [0.25, 0.3) is 0 Å². The number of nitrogens with one attached hydrogen (secondary N) is 1. The Morgan fingerprint density at radius 1 is 1.36 bits per heavy atom. The zero-order valence-corrected chi connectivity index (χ0v) is 9.68. The van der Waals surface area contributed by atoms with Crippen LogP contribution in [0.4, 0.5) is 5.95 Å². The van der Waals surface area contributed by atoms with E-state index in [1.54, 1.807) is 23.7 Å². The molecule has 0 saturated heterocycles. The van der Waals surface area contributed by atoms with Crippen LogP contribution in [0.5, 0.6) is 0 Å². The van der Waals surface area contributed by atoms with E-state index in [4.69, 9.17) is 0 Å². The van der Waals surface area contributed by atoms with Gasteiger partial charge in [0.05, 0.1) is 4.47 Å². The molecular weight excluding hydrogens is 262 g/mol. The minimum Gasteiger partial charge on any atom is -0.350 e. The molecule has 0 atom stereocenters. The molecule has 0 spiro atoms. The fourth-order valence-electron chi connectivity index (χ4n) is 0.978. The number of aromatic nitrogens is 2. The van der Waals surface area contributed by atoms with E-state index in [0.717, 1.165) is 11.0 Å². The van der Waals surface area contributed by atoms with Crippen molar-refractivity contribution in [3.05, 3.63) is 39.3 Å². The highest BCUT2D eigenvalue weighted by Crippen LogP contribution is 2.09. The van der Waals surface area contributed by atoms with Crippen LogP contribution in [0, 0.1) is 0 Å². The summed E-state index contributed by atoms with van der Waals surface area (Å²) in [5, 5.41) is 7.30. The Kier molecular flexibility index (Phi) is 3.10. The average molecular weight is 270 g/mol. The van der Waals surface area contributed by atoms with E-state index in [9.17, 15) is 0 Å². The summed E-state index contributed by atoms with van der Waals surface area (Å²) >= 11 is 4.97. The van der Waals surface area contributed by atoms with Crippen LogP contribution < -0.4 is 5.32 Å². The monoisotopic (exact) mass is 269 g/mol. The number of rotatable bonds is 3. The van der Waals surface area contributed by atoms with Crippen LogP contribution in [0.1, 0.15) is 5.56 Å². The highest BCUT2D eigenvalue weighted by Gasteiger charge is 1.96. The van der Waals surface area contributed by atoms with Crippen molar-refractivity contribution >= 4 is 33.2 Å². The van der Waals surface area contributed by atoms with E-state index in [0.29, 0.717) is 5.95 Å². The molecule has 1 N–H and O–H groups in total. The first-order chi connectivity index (χ1) is 6.84. The van der Waals surface area contributed by atoms with Crippen LogP contribution in [-0.4, -0.2) is 9.97 Å². The van der Waals surface area contributed by atoms with Gasteiger partial charge in [-0.1, -0.05) is 0 Å². The molecule has 0 fully saturated rings. The molecule has 2 aromatic heterocycles. The molecule has 14 heavy (non-hydrogen) atoms. The number of anilines is 1. The largest absolute Gasteiger partial charge is 0.350 e. The van der Waals surface area contributed by atoms with Crippen molar-refractivity contribution in [2.24, 2.45) is 0 Å². The summed E-state index contributed by atoms with van der Waals surface area (Å²) < 4.78 is 0.888. The minimum absolute atomic E-state index is 0.652. The van der Waals surface area contributed by atoms with Gasteiger partial charge in [-0.2, -0.15) is 11.3 Å². The van der Waals surface area contributed by atoms with Crippen LogP contribution in [0.25, 0.3) is 0 Å². The van der Waals surface area contributed by atoms with Crippen LogP contribution in [0.2, 0.25) is 0 Å². The van der Waals surface area contributed by atoms with Gasteiger partial charge in [-0.3, -0.25) is 0 Å². The lowest BCUT2D eigenvalue weighted by Crippen LogP contribution is -2.01. The molecular formula is C9H8BrN3S. The van der Waals surface area contributed by atoms with Gasteiger partial charge in [-0.25, -0.2) is 9.97 Å². The maximum Gasteiger partial charge on any atom is 0.222 e. The molecule has 72 valence electrons. The quantitative estimate of drug-likeness (QED) is 0.931. The fraction of sp³-hybridized carbons (Fsp3) is 0.111. The molecule has 0 aromatic carbocycles. The van der Waals surface area contributed by atoms with Gasteiger partial charge in [-0.15, -0.1) is 0 Å². The maximum absolute atomic E-state index is 4.11. The molecule has 0 aliphatic heterocycles. The predicted molar refractivity (Wildman–Crippen MR) is 61.4 cm³/mol. The molecule has 0 amide bonds. The molecule has 5 heteroatoms. The van der Waals surface area contributed by atoms with E-state index in [-0.39, 0.29) is 0 Å². The summed E-state index contributed by atoms with van der Waals surface area (Å²) in [6.07, 6.45) is 3.45. The topological polar surface area (TPSA) is 37.8 Å². The Labute approximate surface area is 94.4 Å². The molecule has 0 saturated carbocycles. The standard InChI is InChI=1S/C9H8BrN3S/c10-8-4-12-9(13-5-8)11-3-7-1-2-14-6-7/h1-2,4-6H,3H2,(H,11,12,13). The van der Waals surface area contributed by atoms with Gasteiger partial charge in [0.15, 0.2) is 0 Å². The summed E-state index contributed by atoms with van der Waals surface area (Å²) in [5.74, 6) is 0.652. The van der Waals surface area contributed by atoms with Crippen molar-refractivity contribution in [3.63, 3.8) is 0 Å². The lowest BCUT2D eigenvalue weighted by molar-refractivity contribution is 1.05. The van der Waals surface area contributed by atoms with Gasteiger partial charge in [0.1, 0.15) is 0 Å². The number of nitrogens with zero attached hydrogens (tertiary/aromatic N) is 2. The summed E-state index contributed by atoms with van der Waals surface area (Å²) in [6, 6.07) is 2.08. The zero-order valence-electron chi connectivity index (χ0n) is 7.27. The van der Waals surface area contributed by atoms with Crippen LogP contribution >= 0.6 is 27.3 Å². The van der Waals surface area contributed by atoms with Crippen molar-refractivity contribution in [2.45, 2.75) is 6.54 Å². The third kappa shape index (κ3) is 2.52. The molecule has 2 aromatic rings. The molecule has 2 heterocycles. The summed E-state index contributed by atoms with van der Waals surface area (Å²) in [7, 11) is 0. The third-order valence-corrected chi connectivity index (χ3v) is 2.79. The van der Waals surface area contributed by atoms with E-state index < -0.39 is 0 Å². The maximum atomic E-state index is 4.11. The van der Waals surface area contributed by atoms with Crippen LogP contribution in [0.3, 0.4) is 0 Å². The Morgan fingerprint density at radius 3 is 2.79 bits per heavy atom.